The van der Waals surface area contributed by atoms with Gasteiger partial charge >= 0.3 is 0 Å². The highest BCUT2D eigenvalue weighted by atomic mass is 35.5. The number of hydrazine groups is 1. The molecule has 1 aliphatic rings. The summed E-state index contributed by atoms with van der Waals surface area (Å²) in [5.41, 5.74) is 8.51. The molecule has 2 aromatic carbocycles. The van der Waals surface area contributed by atoms with Crippen molar-refractivity contribution in [2.24, 2.45) is 0 Å². The van der Waals surface area contributed by atoms with E-state index in [-0.39, 0.29) is 24.0 Å². The molecule has 3 unspecified atom stereocenters. The Morgan fingerprint density at radius 2 is 2.00 bits per heavy atom. The van der Waals surface area contributed by atoms with Crippen molar-refractivity contribution in [3.63, 3.8) is 0 Å². The first-order chi connectivity index (χ1) is 12.6. The van der Waals surface area contributed by atoms with E-state index in [1.807, 2.05) is 48.5 Å². The third kappa shape index (κ3) is 4.36. The minimum absolute atomic E-state index is 0.00339. The van der Waals surface area contributed by atoms with Crippen molar-refractivity contribution in [3.8, 4) is 5.75 Å². The second-order valence-electron chi connectivity index (χ2n) is 6.52. The fraction of sp³-hybridized carbons (Fsp3) is 0.350. The Labute approximate surface area is 159 Å². The summed E-state index contributed by atoms with van der Waals surface area (Å²) < 4.78 is 5.34. The molecule has 0 bridgehead atoms. The lowest BCUT2D eigenvalue weighted by molar-refractivity contribution is -0.122. The second-order valence-corrected chi connectivity index (χ2v) is 6.95. The Hall–Kier alpha value is -2.08. The van der Waals surface area contributed by atoms with Crippen molar-refractivity contribution in [2.45, 2.75) is 37.9 Å². The maximum absolute atomic E-state index is 12.5. The monoisotopic (exact) mass is 373 g/mol. The number of halogens is 1. The van der Waals surface area contributed by atoms with Gasteiger partial charge in [0.1, 0.15) is 11.9 Å². The number of hydrogen-bond donors (Lipinski definition) is 3. The molecule has 1 aliphatic heterocycles. The maximum Gasteiger partial charge on any atom is 0.221 e. The number of ether oxygens (including phenoxy) is 1. The third-order valence-corrected chi connectivity index (χ3v) is 4.96. The largest absolute Gasteiger partial charge is 0.496 e. The summed E-state index contributed by atoms with van der Waals surface area (Å²) >= 11 is 6.13. The van der Waals surface area contributed by atoms with Crippen molar-refractivity contribution < 1.29 is 9.53 Å². The molecule has 0 aliphatic carbocycles. The fourth-order valence-corrected chi connectivity index (χ4v) is 3.61. The van der Waals surface area contributed by atoms with E-state index in [4.69, 9.17) is 16.3 Å². The summed E-state index contributed by atoms with van der Waals surface area (Å²) in [6.45, 7) is 2.08. The molecule has 3 N–H and O–H groups in total. The molecule has 2 aromatic rings. The normalized spacial score (nSPS) is 22.2. The first-order valence-corrected chi connectivity index (χ1v) is 9.14. The van der Waals surface area contributed by atoms with E-state index in [1.165, 1.54) is 0 Å². The Balaban J connectivity index is 1.63. The van der Waals surface area contributed by atoms with E-state index >= 15 is 0 Å². The number of carbonyl (C=O) groups is 1. The summed E-state index contributed by atoms with van der Waals surface area (Å²) in [5.74, 6) is 0.909. The van der Waals surface area contributed by atoms with Crippen LogP contribution in [0.5, 0.6) is 5.75 Å². The number of benzene rings is 2. The number of carbonyl (C=O) groups excluding carboxylic acids is 1. The van der Waals surface area contributed by atoms with Crippen molar-refractivity contribution in [1.82, 2.24) is 16.2 Å². The van der Waals surface area contributed by atoms with Crippen LogP contribution in [0, 0.1) is 0 Å². The van der Waals surface area contributed by atoms with Gasteiger partial charge in [-0.1, -0.05) is 41.9 Å². The van der Waals surface area contributed by atoms with Gasteiger partial charge in [0, 0.05) is 23.4 Å². The summed E-state index contributed by atoms with van der Waals surface area (Å²) in [5, 5.41) is 3.79. The standard InChI is InChI=1S/C20H24ClN3O2/c1-13-19(15-7-5-8-16(21)12-15)20(24-23-13)22-18(25)11-10-14-6-3-4-9-17(14)26-2/h3-9,12-13,19-20,23-24H,10-11H2,1-2H3,(H,22,25). The van der Waals surface area contributed by atoms with Gasteiger partial charge in [-0.05, 0) is 42.7 Å². The lowest BCUT2D eigenvalue weighted by Gasteiger charge is -2.22. The predicted molar refractivity (Wildman–Crippen MR) is 103 cm³/mol. The average molecular weight is 374 g/mol. The molecule has 1 saturated heterocycles. The van der Waals surface area contributed by atoms with Crippen LogP contribution in [0.2, 0.25) is 5.02 Å². The number of methoxy groups -OCH3 is 1. The van der Waals surface area contributed by atoms with Crippen molar-refractivity contribution in [1.29, 1.82) is 0 Å². The van der Waals surface area contributed by atoms with Crippen LogP contribution >= 0.6 is 11.6 Å². The zero-order chi connectivity index (χ0) is 18.5. The zero-order valence-electron chi connectivity index (χ0n) is 15.0. The molecule has 1 heterocycles. The Morgan fingerprint density at radius 1 is 1.19 bits per heavy atom. The van der Waals surface area contributed by atoms with Crippen LogP contribution < -0.4 is 20.9 Å². The minimum atomic E-state index is -0.186. The average Bonchev–Trinajstić information content (AvgIpc) is 3.00. The Kier molecular flexibility index (Phi) is 6.14. The number of amides is 1. The molecule has 1 fully saturated rings. The minimum Gasteiger partial charge on any atom is -0.496 e. The van der Waals surface area contributed by atoms with Gasteiger partial charge in [-0.2, -0.15) is 0 Å². The molecule has 0 radical (unpaired) electrons. The Morgan fingerprint density at radius 3 is 2.77 bits per heavy atom. The maximum atomic E-state index is 12.5. The number of para-hydroxylation sites is 1. The first-order valence-electron chi connectivity index (χ1n) is 8.76. The third-order valence-electron chi connectivity index (χ3n) is 4.73. The van der Waals surface area contributed by atoms with Crippen LogP contribution in [0.4, 0.5) is 0 Å². The fourth-order valence-electron chi connectivity index (χ4n) is 3.41. The highest BCUT2D eigenvalue weighted by Gasteiger charge is 2.35. The van der Waals surface area contributed by atoms with Crippen LogP contribution in [0.3, 0.4) is 0 Å². The van der Waals surface area contributed by atoms with Crippen molar-refractivity contribution >= 4 is 17.5 Å². The van der Waals surface area contributed by atoms with Gasteiger partial charge in [-0.15, -0.1) is 0 Å². The molecule has 0 aromatic heterocycles. The van der Waals surface area contributed by atoms with Gasteiger partial charge in [0.15, 0.2) is 0 Å². The van der Waals surface area contributed by atoms with E-state index in [2.05, 4.69) is 23.1 Å². The van der Waals surface area contributed by atoms with Crippen LogP contribution in [-0.2, 0) is 11.2 Å². The summed E-state index contributed by atoms with van der Waals surface area (Å²) in [6.07, 6.45) is 0.844. The van der Waals surface area contributed by atoms with Crippen molar-refractivity contribution in [3.05, 3.63) is 64.7 Å². The zero-order valence-corrected chi connectivity index (χ0v) is 15.7. The summed E-state index contributed by atoms with van der Waals surface area (Å²) in [6, 6.07) is 15.7. The first kappa shape index (κ1) is 18.7. The Bertz CT molecular complexity index is 768. The molecule has 3 atom stereocenters. The van der Waals surface area contributed by atoms with Gasteiger partial charge in [0.2, 0.25) is 5.91 Å². The highest BCUT2D eigenvalue weighted by Crippen LogP contribution is 2.28. The topological polar surface area (TPSA) is 62.4 Å². The van der Waals surface area contributed by atoms with Crippen LogP contribution in [0.1, 0.15) is 30.4 Å². The second kappa shape index (κ2) is 8.54. The number of rotatable bonds is 6. The van der Waals surface area contributed by atoms with E-state index in [0.717, 1.165) is 16.9 Å². The predicted octanol–water partition coefficient (Wildman–Crippen LogP) is 3.00. The van der Waals surface area contributed by atoms with E-state index in [1.54, 1.807) is 7.11 Å². The van der Waals surface area contributed by atoms with Crippen molar-refractivity contribution in [2.75, 3.05) is 7.11 Å². The van der Waals surface area contributed by atoms with Gasteiger partial charge in [-0.3, -0.25) is 10.2 Å². The summed E-state index contributed by atoms with van der Waals surface area (Å²) in [7, 11) is 1.64. The van der Waals surface area contributed by atoms with Gasteiger partial charge in [-0.25, -0.2) is 5.43 Å². The smallest absolute Gasteiger partial charge is 0.221 e. The van der Waals surface area contributed by atoms with Crippen LogP contribution in [-0.4, -0.2) is 25.2 Å². The van der Waals surface area contributed by atoms with E-state index < -0.39 is 0 Å². The van der Waals surface area contributed by atoms with Crippen LogP contribution in [0.15, 0.2) is 48.5 Å². The number of nitrogens with one attached hydrogen (secondary N) is 3. The molecule has 0 saturated carbocycles. The molecular weight excluding hydrogens is 350 g/mol. The van der Waals surface area contributed by atoms with E-state index in [9.17, 15) is 4.79 Å². The molecular formula is C20H24ClN3O2. The molecule has 5 nitrogen and oxygen atoms in total. The van der Waals surface area contributed by atoms with E-state index in [0.29, 0.717) is 17.9 Å². The summed E-state index contributed by atoms with van der Waals surface area (Å²) in [4.78, 5) is 12.5. The molecule has 1 amide bonds. The molecule has 138 valence electrons. The van der Waals surface area contributed by atoms with Crippen LogP contribution in [0.25, 0.3) is 0 Å². The number of aryl methyl sites for hydroxylation is 1. The van der Waals surface area contributed by atoms with Gasteiger partial charge < -0.3 is 10.1 Å². The van der Waals surface area contributed by atoms with Gasteiger partial charge in [0.05, 0.1) is 7.11 Å². The lowest BCUT2D eigenvalue weighted by Crippen LogP contribution is -2.46. The molecule has 3 rings (SSSR count). The SMILES string of the molecule is COc1ccccc1CCC(=O)NC1NNC(C)C1c1cccc(Cl)c1. The number of hydrogen-bond acceptors (Lipinski definition) is 4. The quantitative estimate of drug-likeness (QED) is 0.728. The molecule has 0 spiro atoms. The highest BCUT2D eigenvalue weighted by molar-refractivity contribution is 6.30. The van der Waals surface area contributed by atoms with Gasteiger partial charge in [0.25, 0.3) is 0 Å². The molecule has 6 heteroatoms. The molecule has 26 heavy (non-hydrogen) atoms. The lowest BCUT2D eigenvalue weighted by atomic mass is 9.91.